The van der Waals surface area contributed by atoms with Crippen LogP contribution < -0.4 is 5.32 Å². The summed E-state index contributed by atoms with van der Waals surface area (Å²) in [4.78, 5) is 21.9. The van der Waals surface area contributed by atoms with Crippen LogP contribution in [0.5, 0.6) is 0 Å². The van der Waals surface area contributed by atoms with Crippen molar-refractivity contribution >= 4 is 22.8 Å². The summed E-state index contributed by atoms with van der Waals surface area (Å²) in [7, 11) is 0. The first kappa shape index (κ1) is 11.5. The van der Waals surface area contributed by atoms with E-state index in [1.54, 1.807) is 0 Å². The van der Waals surface area contributed by atoms with Crippen molar-refractivity contribution in [2.24, 2.45) is 5.92 Å². The Morgan fingerprint density at radius 1 is 1.36 bits per heavy atom. The van der Waals surface area contributed by atoms with Gasteiger partial charge in [-0.15, -0.1) is 0 Å². The molecule has 0 unspecified atom stereocenters. The van der Waals surface area contributed by atoms with Gasteiger partial charge in [0.25, 0.3) is 0 Å². The first-order chi connectivity index (χ1) is 6.70. The molecular formula is C10H16ClNO2. The molecule has 0 atom stereocenters. The molecule has 1 saturated carbocycles. The van der Waals surface area contributed by atoms with E-state index in [1.165, 1.54) is 6.42 Å². The quantitative estimate of drug-likeness (QED) is 0.734. The Balaban J connectivity index is 2.16. The minimum absolute atomic E-state index is 0.0858. The highest BCUT2D eigenvalue weighted by Gasteiger charge is 2.20. The normalized spacial score (nSPS) is 17.8. The third kappa shape index (κ3) is 4.09. The Kier molecular flexibility index (Phi) is 4.94. The Bertz CT molecular complexity index is 212. The van der Waals surface area contributed by atoms with Crippen LogP contribution in [0.4, 0.5) is 0 Å². The lowest BCUT2D eigenvalue weighted by Gasteiger charge is -2.20. The third-order valence-corrected chi connectivity index (χ3v) is 2.79. The van der Waals surface area contributed by atoms with Crippen LogP contribution in [-0.4, -0.2) is 17.7 Å². The Morgan fingerprint density at radius 3 is 2.57 bits per heavy atom. The number of rotatable bonds is 4. The van der Waals surface area contributed by atoms with Crippen LogP contribution in [-0.2, 0) is 9.59 Å². The molecule has 0 saturated heterocycles. The number of hydrogen-bond donors (Lipinski definition) is 1. The molecule has 0 heterocycles. The van der Waals surface area contributed by atoms with Gasteiger partial charge in [0.15, 0.2) is 0 Å². The molecule has 0 aromatic rings. The summed E-state index contributed by atoms with van der Waals surface area (Å²) >= 11 is 5.16. The van der Waals surface area contributed by atoms with E-state index in [1.807, 2.05) is 0 Å². The molecule has 0 aromatic heterocycles. The maximum absolute atomic E-state index is 11.5. The highest BCUT2D eigenvalue weighted by molar-refractivity contribution is 6.63. The lowest BCUT2D eigenvalue weighted by molar-refractivity contribution is -0.125. The predicted octanol–water partition coefficient (Wildman–Crippen LogP) is 1.84. The van der Waals surface area contributed by atoms with Crippen molar-refractivity contribution in [2.75, 3.05) is 6.54 Å². The fourth-order valence-electron chi connectivity index (χ4n) is 1.79. The average Bonchev–Trinajstić information content (AvgIpc) is 2.18. The maximum atomic E-state index is 11.5. The van der Waals surface area contributed by atoms with Crippen LogP contribution in [0, 0.1) is 5.92 Å². The Labute approximate surface area is 89.2 Å². The summed E-state index contributed by atoms with van der Waals surface area (Å²) in [6.45, 7) is 0.373. The zero-order valence-corrected chi connectivity index (χ0v) is 8.98. The smallest absolute Gasteiger partial charge is 0.223 e. The molecule has 1 rings (SSSR count). The van der Waals surface area contributed by atoms with Gasteiger partial charge in [-0.3, -0.25) is 9.59 Å². The number of carbonyl (C=O) groups excluding carboxylic acids is 2. The summed E-state index contributed by atoms with van der Waals surface area (Å²) in [6.07, 6.45) is 5.73. The number of nitrogens with one attached hydrogen (secondary N) is 1. The molecule has 1 aliphatic rings. The molecule has 80 valence electrons. The molecule has 14 heavy (non-hydrogen) atoms. The van der Waals surface area contributed by atoms with Gasteiger partial charge in [0.1, 0.15) is 0 Å². The van der Waals surface area contributed by atoms with Gasteiger partial charge < -0.3 is 5.32 Å². The van der Waals surface area contributed by atoms with Crippen LogP contribution in [0.25, 0.3) is 0 Å². The Hall–Kier alpha value is -0.570. The van der Waals surface area contributed by atoms with Gasteiger partial charge in [0.05, 0.1) is 0 Å². The van der Waals surface area contributed by atoms with E-state index in [0.717, 1.165) is 25.7 Å². The molecule has 0 radical (unpaired) electrons. The fraction of sp³-hybridized carbons (Fsp3) is 0.800. The summed E-state index contributed by atoms with van der Waals surface area (Å²) in [5, 5.41) is 2.34. The third-order valence-electron chi connectivity index (χ3n) is 2.60. The molecule has 0 bridgehead atoms. The molecule has 1 amide bonds. The lowest BCUT2D eigenvalue weighted by atomic mass is 9.89. The molecule has 0 aliphatic heterocycles. The van der Waals surface area contributed by atoms with E-state index in [0.29, 0.717) is 6.54 Å². The van der Waals surface area contributed by atoms with Gasteiger partial charge in [0.2, 0.25) is 11.1 Å². The zero-order valence-electron chi connectivity index (χ0n) is 8.22. The van der Waals surface area contributed by atoms with E-state index >= 15 is 0 Å². The minimum Gasteiger partial charge on any atom is -0.355 e. The summed E-state index contributed by atoms with van der Waals surface area (Å²) in [6, 6.07) is 0. The first-order valence-electron chi connectivity index (χ1n) is 5.16. The second-order valence-electron chi connectivity index (χ2n) is 3.73. The van der Waals surface area contributed by atoms with Gasteiger partial charge in [-0.2, -0.15) is 0 Å². The molecule has 4 heteroatoms. The standard InChI is InChI=1S/C10H16ClNO2/c11-9(13)6-7-12-10(14)8-4-2-1-3-5-8/h8H,1-7H2,(H,12,14)/i9+2. The molecule has 3 nitrogen and oxygen atoms in total. The first-order valence-corrected chi connectivity index (χ1v) is 5.54. The van der Waals surface area contributed by atoms with Gasteiger partial charge >= 0.3 is 0 Å². The van der Waals surface area contributed by atoms with E-state index < -0.39 is 5.24 Å². The van der Waals surface area contributed by atoms with Gasteiger partial charge in [-0.05, 0) is 24.4 Å². The lowest BCUT2D eigenvalue weighted by Crippen LogP contribution is -2.33. The van der Waals surface area contributed by atoms with E-state index in [-0.39, 0.29) is 18.2 Å². The molecular weight excluding hydrogens is 204 g/mol. The largest absolute Gasteiger partial charge is 0.355 e. The highest BCUT2D eigenvalue weighted by atomic mass is 35.5. The van der Waals surface area contributed by atoms with Gasteiger partial charge in [-0.25, -0.2) is 0 Å². The molecule has 0 spiro atoms. The maximum Gasteiger partial charge on any atom is 0.223 e. The van der Waals surface area contributed by atoms with Crippen molar-refractivity contribution in [2.45, 2.75) is 38.5 Å². The number of amides is 1. The van der Waals surface area contributed by atoms with Crippen LogP contribution in [0.1, 0.15) is 38.5 Å². The number of hydrogen-bond acceptors (Lipinski definition) is 2. The van der Waals surface area contributed by atoms with Crippen LogP contribution in [0.2, 0.25) is 0 Å². The van der Waals surface area contributed by atoms with Crippen LogP contribution >= 0.6 is 11.6 Å². The van der Waals surface area contributed by atoms with Crippen molar-refractivity contribution in [3.05, 3.63) is 0 Å². The van der Waals surface area contributed by atoms with Gasteiger partial charge in [0, 0.05) is 18.9 Å². The molecule has 1 N–H and O–H groups in total. The van der Waals surface area contributed by atoms with Crippen molar-refractivity contribution in [3.63, 3.8) is 0 Å². The van der Waals surface area contributed by atoms with Crippen molar-refractivity contribution in [1.29, 1.82) is 0 Å². The SMILES string of the molecule is O=C(NCC[14C](=O)Cl)C1CCCCC1. The highest BCUT2D eigenvalue weighted by Crippen LogP contribution is 2.23. The van der Waals surface area contributed by atoms with Crippen LogP contribution in [0.3, 0.4) is 0 Å². The van der Waals surface area contributed by atoms with Crippen molar-refractivity contribution in [1.82, 2.24) is 5.32 Å². The van der Waals surface area contributed by atoms with Crippen molar-refractivity contribution in [3.8, 4) is 0 Å². The zero-order chi connectivity index (χ0) is 10.4. The predicted molar refractivity (Wildman–Crippen MR) is 55.1 cm³/mol. The molecule has 1 fully saturated rings. The van der Waals surface area contributed by atoms with E-state index in [4.69, 9.17) is 11.6 Å². The van der Waals surface area contributed by atoms with Crippen molar-refractivity contribution < 1.29 is 9.59 Å². The summed E-state index contributed by atoms with van der Waals surface area (Å²) in [5.41, 5.74) is 0. The monoisotopic (exact) mass is 219 g/mol. The second-order valence-corrected chi connectivity index (χ2v) is 4.15. The van der Waals surface area contributed by atoms with Gasteiger partial charge in [-0.1, -0.05) is 19.3 Å². The van der Waals surface area contributed by atoms with E-state index in [9.17, 15) is 9.59 Å². The Morgan fingerprint density at radius 2 is 2.00 bits per heavy atom. The van der Waals surface area contributed by atoms with E-state index in [2.05, 4.69) is 5.32 Å². The number of halogens is 1. The summed E-state index contributed by atoms with van der Waals surface area (Å²) in [5.74, 6) is 0.247. The average molecular weight is 220 g/mol. The van der Waals surface area contributed by atoms with Crippen LogP contribution in [0.15, 0.2) is 0 Å². The molecule has 0 aromatic carbocycles. The topological polar surface area (TPSA) is 46.2 Å². The number of carbonyl (C=O) groups is 2. The molecule has 1 aliphatic carbocycles. The summed E-state index contributed by atoms with van der Waals surface area (Å²) < 4.78 is 0. The fourth-order valence-corrected chi connectivity index (χ4v) is 1.89. The second kappa shape index (κ2) is 6.02. The minimum atomic E-state index is -0.394.